The van der Waals surface area contributed by atoms with Crippen molar-refractivity contribution in [3.8, 4) is 11.5 Å². The Hall–Kier alpha value is -3.28. The fourth-order valence-electron chi connectivity index (χ4n) is 2.83. The number of rotatable bonds is 7. The van der Waals surface area contributed by atoms with Gasteiger partial charge >= 0.3 is 0 Å². The smallest absolute Gasteiger partial charge is 0.279 e. The zero-order valence-corrected chi connectivity index (χ0v) is 20.2. The quantitative estimate of drug-likeness (QED) is 0.418. The Morgan fingerprint density at radius 3 is 2.30 bits per heavy atom. The van der Waals surface area contributed by atoms with Gasteiger partial charge in [-0.15, -0.1) is 11.3 Å². The maximum atomic E-state index is 13.1. The first-order valence-electron chi connectivity index (χ1n) is 9.35. The molecule has 0 saturated carbocycles. The first-order valence-corrected chi connectivity index (χ1v) is 12.1. The van der Waals surface area contributed by atoms with E-state index in [1.807, 2.05) is 0 Å². The van der Waals surface area contributed by atoms with E-state index in [2.05, 4.69) is 15.6 Å². The van der Waals surface area contributed by atoms with Gasteiger partial charge in [-0.05, 0) is 42.1 Å². The molecule has 0 atom stereocenters. The van der Waals surface area contributed by atoms with Crippen LogP contribution in [0.15, 0.2) is 52.7 Å². The van der Waals surface area contributed by atoms with Gasteiger partial charge in [0.1, 0.15) is 11.5 Å². The Morgan fingerprint density at radius 1 is 0.970 bits per heavy atom. The van der Waals surface area contributed by atoms with Crippen molar-refractivity contribution in [2.75, 3.05) is 18.9 Å². The average Bonchev–Trinajstić information content (AvgIpc) is 3.32. The van der Waals surface area contributed by atoms with Gasteiger partial charge in [-0.2, -0.15) is 0 Å². The maximum absolute atomic E-state index is 13.1. The summed E-state index contributed by atoms with van der Waals surface area (Å²) in [5.74, 6) is -0.650. The van der Waals surface area contributed by atoms with Crippen LogP contribution in [-0.2, 0) is 10.0 Å². The lowest BCUT2D eigenvalue weighted by atomic mass is 10.1. The number of thiophene rings is 1. The van der Waals surface area contributed by atoms with Crippen molar-refractivity contribution in [3.05, 3.63) is 68.9 Å². The Morgan fingerprint density at radius 2 is 1.67 bits per heavy atom. The first kappa shape index (κ1) is 24.4. The lowest BCUT2D eigenvalue weighted by molar-refractivity contribution is 0.0848. The highest BCUT2D eigenvalue weighted by atomic mass is 35.5. The predicted octanol–water partition coefficient (Wildman–Crippen LogP) is 3.60. The second kappa shape index (κ2) is 10.1. The number of anilines is 1. The fraction of sp³-hybridized carbons (Fsp3) is 0.143. The van der Waals surface area contributed by atoms with Gasteiger partial charge in [0.2, 0.25) is 0 Å². The molecule has 0 bridgehead atoms. The molecule has 1 aromatic heterocycles. The molecule has 0 radical (unpaired) electrons. The van der Waals surface area contributed by atoms with E-state index in [0.717, 1.165) is 0 Å². The summed E-state index contributed by atoms with van der Waals surface area (Å²) < 4.78 is 39.0. The van der Waals surface area contributed by atoms with Gasteiger partial charge in [0.05, 0.1) is 34.7 Å². The standard InChI is InChI=1S/C21H20ClN3O6S2/c1-12-6-7-13(20(26)23-24-21(27)18-5-4-8-32-18)9-19(12)33(28,29)25-15-10-14(22)16(30-2)11-17(15)31-3/h4-11,25H,1-3H3,(H,23,26)(H,24,27). The zero-order chi connectivity index (χ0) is 24.2. The van der Waals surface area contributed by atoms with E-state index in [1.54, 1.807) is 24.4 Å². The number of benzene rings is 2. The molecule has 12 heteroatoms. The number of carbonyl (C=O) groups excluding carboxylic acids is 2. The molecule has 0 aliphatic rings. The van der Waals surface area contributed by atoms with E-state index in [9.17, 15) is 18.0 Å². The topological polar surface area (TPSA) is 123 Å². The number of hydrogen-bond acceptors (Lipinski definition) is 7. The number of halogens is 1. The maximum Gasteiger partial charge on any atom is 0.279 e. The third kappa shape index (κ3) is 5.56. The number of hydrazine groups is 1. The highest BCUT2D eigenvalue weighted by Gasteiger charge is 2.22. The van der Waals surface area contributed by atoms with E-state index < -0.39 is 21.8 Å². The van der Waals surface area contributed by atoms with Crippen molar-refractivity contribution in [2.24, 2.45) is 0 Å². The molecule has 174 valence electrons. The molecule has 1 heterocycles. The monoisotopic (exact) mass is 509 g/mol. The fourth-order valence-corrected chi connectivity index (χ4v) is 5.02. The summed E-state index contributed by atoms with van der Waals surface area (Å²) in [6.07, 6.45) is 0. The summed E-state index contributed by atoms with van der Waals surface area (Å²) in [4.78, 5) is 24.8. The lowest BCUT2D eigenvalue weighted by Gasteiger charge is -2.16. The molecule has 9 nitrogen and oxygen atoms in total. The van der Waals surface area contributed by atoms with Crippen LogP contribution in [0, 0.1) is 6.92 Å². The molecule has 3 N–H and O–H groups in total. The van der Waals surface area contributed by atoms with Gasteiger partial charge < -0.3 is 9.47 Å². The molecule has 2 aromatic carbocycles. The van der Waals surface area contributed by atoms with Crippen molar-refractivity contribution in [2.45, 2.75) is 11.8 Å². The molecular formula is C21H20ClN3O6S2. The van der Waals surface area contributed by atoms with Crippen molar-refractivity contribution in [1.82, 2.24) is 10.9 Å². The molecule has 0 aliphatic carbocycles. The van der Waals surface area contributed by atoms with Gasteiger partial charge in [0, 0.05) is 11.6 Å². The molecule has 3 aromatic rings. The summed E-state index contributed by atoms with van der Waals surface area (Å²) in [5, 5.41) is 1.91. The van der Waals surface area contributed by atoms with E-state index in [4.69, 9.17) is 21.1 Å². The zero-order valence-electron chi connectivity index (χ0n) is 17.8. The number of ether oxygens (including phenoxy) is 2. The minimum absolute atomic E-state index is 0.0344. The van der Waals surface area contributed by atoms with Crippen LogP contribution in [0.5, 0.6) is 11.5 Å². The van der Waals surface area contributed by atoms with Crippen molar-refractivity contribution in [3.63, 3.8) is 0 Å². The van der Waals surface area contributed by atoms with Crippen LogP contribution in [0.25, 0.3) is 0 Å². The van der Waals surface area contributed by atoms with Crippen LogP contribution < -0.4 is 25.0 Å². The minimum Gasteiger partial charge on any atom is -0.495 e. The molecule has 3 rings (SSSR count). The number of hydrogen-bond donors (Lipinski definition) is 3. The van der Waals surface area contributed by atoms with E-state index in [-0.39, 0.29) is 26.9 Å². The summed E-state index contributed by atoms with van der Waals surface area (Å²) in [6.45, 7) is 1.59. The van der Waals surface area contributed by atoms with Crippen molar-refractivity contribution >= 4 is 50.5 Å². The second-order valence-electron chi connectivity index (χ2n) is 6.66. The van der Waals surface area contributed by atoms with Crippen LogP contribution in [-0.4, -0.2) is 34.5 Å². The molecule has 0 spiro atoms. The van der Waals surface area contributed by atoms with Gasteiger partial charge in [-0.1, -0.05) is 23.7 Å². The molecule has 0 saturated heterocycles. The number of sulfonamides is 1. The number of amides is 2. The largest absolute Gasteiger partial charge is 0.495 e. The molecular weight excluding hydrogens is 490 g/mol. The van der Waals surface area contributed by atoms with Crippen LogP contribution in [0.3, 0.4) is 0 Å². The van der Waals surface area contributed by atoms with Gasteiger partial charge in [-0.3, -0.25) is 25.2 Å². The molecule has 33 heavy (non-hydrogen) atoms. The predicted molar refractivity (Wildman–Crippen MR) is 126 cm³/mol. The summed E-state index contributed by atoms with van der Waals surface area (Å²) >= 11 is 7.34. The van der Waals surface area contributed by atoms with Crippen LogP contribution in [0.1, 0.15) is 25.6 Å². The Kier molecular flexibility index (Phi) is 7.46. The summed E-state index contributed by atoms with van der Waals surface area (Å²) in [6, 6.07) is 10.3. The lowest BCUT2D eigenvalue weighted by Crippen LogP contribution is -2.41. The Bertz CT molecular complexity index is 1290. The Labute approximate surface area is 199 Å². The number of aryl methyl sites for hydroxylation is 1. The highest BCUT2D eigenvalue weighted by Crippen LogP contribution is 2.37. The van der Waals surface area contributed by atoms with Crippen LogP contribution >= 0.6 is 22.9 Å². The normalized spacial score (nSPS) is 10.9. The van der Waals surface area contributed by atoms with Crippen LogP contribution in [0.2, 0.25) is 5.02 Å². The van der Waals surface area contributed by atoms with E-state index >= 15 is 0 Å². The SMILES string of the molecule is COc1cc(OC)c(NS(=O)(=O)c2cc(C(=O)NNC(=O)c3cccs3)ccc2C)cc1Cl. The minimum atomic E-state index is -4.13. The molecule has 0 aliphatic heterocycles. The number of methoxy groups -OCH3 is 2. The molecule has 0 fully saturated rings. The molecule has 2 amide bonds. The van der Waals surface area contributed by atoms with Crippen LogP contribution in [0.4, 0.5) is 5.69 Å². The number of nitrogens with one attached hydrogen (secondary N) is 3. The van der Waals surface area contributed by atoms with Gasteiger partial charge in [0.25, 0.3) is 21.8 Å². The average molecular weight is 510 g/mol. The molecule has 0 unspecified atom stereocenters. The highest BCUT2D eigenvalue weighted by molar-refractivity contribution is 7.92. The van der Waals surface area contributed by atoms with Crippen molar-refractivity contribution in [1.29, 1.82) is 0 Å². The number of carbonyl (C=O) groups is 2. The first-order chi connectivity index (χ1) is 15.7. The summed E-state index contributed by atoms with van der Waals surface area (Å²) in [5.41, 5.74) is 5.10. The second-order valence-corrected chi connectivity index (χ2v) is 9.66. The van der Waals surface area contributed by atoms with Crippen molar-refractivity contribution < 1.29 is 27.5 Å². The summed E-state index contributed by atoms with van der Waals surface area (Å²) in [7, 11) is -1.33. The van der Waals surface area contributed by atoms with E-state index in [0.29, 0.717) is 16.2 Å². The van der Waals surface area contributed by atoms with Gasteiger partial charge in [0.15, 0.2) is 0 Å². The third-order valence-corrected chi connectivity index (χ3v) is 7.16. The van der Waals surface area contributed by atoms with Gasteiger partial charge in [-0.25, -0.2) is 8.42 Å². The van der Waals surface area contributed by atoms with E-state index in [1.165, 1.54) is 55.9 Å². The third-order valence-electron chi connectivity index (χ3n) is 4.49. The Balaban J connectivity index is 1.84.